The number of thioether (sulfide) groups is 1. The molecule has 148 valence electrons. The van der Waals surface area contributed by atoms with Crippen molar-refractivity contribution in [3.63, 3.8) is 0 Å². The largest absolute Gasteiger partial charge is 0.508 e. The summed E-state index contributed by atoms with van der Waals surface area (Å²) in [7, 11) is 1.50. The van der Waals surface area contributed by atoms with Crippen molar-refractivity contribution in [1.82, 2.24) is 0 Å². The number of methoxy groups -OCH3 is 1. The first-order valence-corrected chi connectivity index (χ1v) is 9.11. The van der Waals surface area contributed by atoms with Crippen LogP contribution in [0.2, 0.25) is 0 Å². The lowest BCUT2D eigenvalue weighted by molar-refractivity contribution is -0.137. The van der Waals surface area contributed by atoms with E-state index in [1.54, 1.807) is 12.1 Å². The topological polar surface area (TPSA) is 47.9 Å². The average Bonchev–Trinajstić information content (AvgIpc) is 2.63. The van der Waals surface area contributed by atoms with Gasteiger partial charge in [0.1, 0.15) is 31.0 Å². The molecule has 0 radical (unpaired) electrons. The number of alkyl halides is 3. The Labute approximate surface area is 160 Å². The molecule has 2 aromatic carbocycles. The highest BCUT2D eigenvalue weighted by atomic mass is 32.2. The SMILES string of the molecule is COCO[C@H](COc1ccc(C(F)(F)F)cc1)CSc1ccc(O)c(C)c1. The summed E-state index contributed by atoms with van der Waals surface area (Å²) in [6.07, 6.45) is -4.70. The predicted molar refractivity (Wildman–Crippen MR) is 97.3 cm³/mol. The summed E-state index contributed by atoms with van der Waals surface area (Å²) in [5.74, 6) is 1.12. The minimum Gasteiger partial charge on any atom is -0.508 e. The second kappa shape index (κ2) is 9.87. The molecule has 0 unspecified atom stereocenters. The normalized spacial score (nSPS) is 12.8. The lowest BCUT2D eigenvalue weighted by atomic mass is 10.2. The van der Waals surface area contributed by atoms with Gasteiger partial charge in [0.25, 0.3) is 0 Å². The maximum Gasteiger partial charge on any atom is 0.416 e. The number of benzene rings is 2. The van der Waals surface area contributed by atoms with E-state index in [-0.39, 0.29) is 25.3 Å². The fourth-order valence-electron chi connectivity index (χ4n) is 2.14. The van der Waals surface area contributed by atoms with Crippen LogP contribution in [0, 0.1) is 6.92 Å². The summed E-state index contributed by atoms with van der Waals surface area (Å²) in [6, 6.07) is 9.82. The van der Waals surface area contributed by atoms with Crippen molar-refractivity contribution in [3.05, 3.63) is 53.6 Å². The zero-order chi connectivity index (χ0) is 19.9. The Morgan fingerprint density at radius 2 is 1.81 bits per heavy atom. The van der Waals surface area contributed by atoms with Gasteiger partial charge >= 0.3 is 6.18 Å². The van der Waals surface area contributed by atoms with E-state index < -0.39 is 11.7 Å². The van der Waals surface area contributed by atoms with Gasteiger partial charge < -0.3 is 19.3 Å². The van der Waals surface area contributed by atoms with Gasteiger partial charge in [-0.2, -0.15) is 13.2 Å². The fraction of sp³-hybridized carbons (Fsp3) is 0.368. The molecule has 0 saturated carbocycles. The zero-order valence-electron chi connectivity index (χ0n) is 15.0. The molecule has 0 saturated heterocycles. The van der Waals surface area contributed by atoms with E-state index in [4.69, 9.17) is 14.2 Å². The van der Waals surface area contributed by atoms with Crippen LogP contribution in [0.5, 0.6) is 11.5 Å². The molecule has 1 atom stereocenters. The van der Waals surface area contributed by atoms with E-state index in [2.05, 4.69) is 0 Å². The molecule has 2 aromatic rings. The summed E-state index contributed by atoms with van der Waals surface area (Å²) in [5, 5.41) is 9.58. The number of ether oxygens (including phenoxy) is 3. The molecule has 0 aliphatic rings. The molecular formula is C19H21F3O4S. The maximum atomic E-state index is 12.6. The highest BCUT2D eigenvalue weighted by Gasteiger charge is 2.30. The summed E-state index contributed by atoms with van der Waals surface area (Å²) in [6.45, 7) is 2.06. The number of aromatic hydroxyl groups is 1. The Hall–Kier alpha value is -1.90. The summed E-state index contributed by atoms with van der Waals surface area (Å²) >= 11 is 1.52. The summed E-state index contributed by atoms with van der Waals surface area (Å²) in [5.41, 5.74) is 0.0515. The number of halogens is 3. The number of phenols is 1. The lowest BCUT2D eigenvalue weighted by Gasteiger charge is -2.18. The molecule has 1 N–H and O–H groups in total. The van der Waals surface area contributed by atoms with Crippen LogP contribution < -0.4 is 4.74 Å². The summed E-state index contributed by atoms with van der Waals surface area (Å²) < 4.78 is 53.8. The first-order valence-electron chi connectivity index (χ1n) is 8.12. The number of hydrogen-bond acceptors (Lipinski definition) is 5. The quantitative estimate of drug-likeness (QED) is 0.479. The monoisotopic (exact) mass is 402 g/mol. The molecule has 8 heteroatoms. The van der Waals surface area contributed by atoms with Crippen LogP contribution in [0.15, 0.2) is 47.4 Å². The molecule has 2 rings (SSSR count). The molecule has 27 heavy (non-hydrogen) atoms. The fourth-order valence-corrected chi connectivity index (χ4v) is 3.14. The smallest absolute Gasteiger partial charge is 0.416 e. The third-order valence-electron chi connectivity index (χ3n) is 3.64. The van der Waals surface area contributed by atoms with Crippen molar-refractivity contribution in [3.8, 4) is 11.5 Å². The Balaban J connectivity index is 1.92. The van der Waals surface area contributed by atoms with Gasteiger partial charge in [-0.25, -0.2) is 0 Å². The van der Waals surface area contributed by atoms with E-state index in [0.717, 1.165) is 22.6 Å². The second-order valence-corrected chi connectivity index (χ2v) is 6.88. The molecule has 0 heterocycles. The minimum atomic E-state index is -4.37. The molecular weight excluding hydrogens is 381 g/mol. The van der Waals surface area contributed by atoms with Gasteiger partial charge in [0.05, 0.1) is 5.56 Å². The van der Waals surface area contributed by atoms with Gasteiger partial charge in [-0.15, -0.1) is 11.8 Å². The first kappa shape index (κ1) is 21.4. The molecule has 0 aromatic heterocycles. The molecule has 0 amide bonds. The van der Waals surface area contributed by atoms with Crippen LogP contribution in [0.3, 0.4) is 0 Å². The van der Waals surface area contributed by atoms with Crippen LogP contribution in [0.4, 0.5) is 13.2 Å². The van der Waals surface area contributed by atoms with Crippen molar-refractivity contribution in [2.45, 2.75) is 24.1 Å². The van der Waals surface area contributed by atoms with E-state index >= 15 is 0 Å². The van der Waals surface area contributed by atoms with Crippen LogP contribution in [0.1, 0.15) is 11.1 Å². The number of phenolic OH excluding ortho intramolecular Hbond substituents is 1. The average molecular weight is 402 g/mol. The highest BCUT2D eigenvalue weighted by Crippen LogP contribution is 2.30. The lowest BCUT2D eigenvalue weighted by Crippen LogP contribution is -2.25. The molecule has 4 nitrogen and oxygen atoms in total. The van der Waals surface area contributed by atoms with E-state index in [0.29, 0.717) is 11.5 Å². The number of aryl methyl sites for hydroxylation is 1. The minimum absolute atomic E-state index is 0.0796. The third-order valence-corrected chi connectivity index (χ3v) is 4.77. The molecule has 0 aliphatic carbocycles. The Bertz CT molecular complexity index is 720. The maximum absolute atomic E-state index is 12.6. The van der Waals surface area contributed by atoms with Crippen molar-refractivity contribution < 1.29 is 32.5 Å². The Morgan fingerprint density at radius 1 is 1.11 bits per heavy atom. The van der Waals surface area contributed by atoms with Gasteiger partial charge in [0, 0.05) is 17.8 Å². The predicted octanol–water partition coefficient (Wildman–Crippen LogP) is 4.88. The second-order valence-electron chi connectivity index (χ2n) is 5.79. The van der Waals surface area contributed by atoms with Gasteiger partial charge in [0.15, 0.2) is 0 Å². The number of hydrogen-bond donors (Lipinski definition) is 1. The van der Waals surface area contributed by atoms with E-state index in [9.17, 15) is 18.3 Å². The molecule has 0 bridgehead atoms. The Morgan fingerprint density at radius 3 is 2.41 bits per heavy atom. The van der Waals surface area contributed by atoms with Crippen LogP contribution in [-0.2, 0) is 15.7 Å². The van der Waals surface area contributed by atoms with Crippen molar-refractivity contribution >= 4 is 11.8 Å². The van der Waals surface area contributed by atoms with Gasteiger partial charge in [-0.3, -0.25) is 0 Å². The summed E-state index contributed by atoms with van der Waals surface area (Å²) in [4.78, 5) is 0.964. The van der Waals surface area contributed by atoms with Crippen LogP contribution in [-0.4, -0.2) is 37.5 Å². The van der Waals surface area contributed by atoms with Gasteiger partial charge in [-0.1, -0.05) is 0 Å². The molecule has 0 spiro atoms. The van der Waals surface area contributed by atoms with Crippen molar-refractivity contribution in [1.29, 1.82) is 0 Å². The first-order chi connectivity index (χ1) is 12.8. The highest BCUT2D eigenvalue weighted by molar-refractivity contribution is 7.99. The van der Waals surface area contributed by atoms with E-state index in [1.807, 2.05) is 13.0 Å². The van der Waals surface area contributed by atoms with Crippen molar-refractivity contribution in [2.75, 3.05) is 26.3 Å². The third kappa shape index (κ3) is 6.97. The Kier molecular flexibility index (Phi) is 7.82. The van der Waals surface area contributed by atoms with E-state index in [1.165, 1.54) is 31.0 Å². The molecule has 0 aliphatic heterocycles. The van der Waals surface area contributed by atoms with Crippen molar-refractivity contribution in [2.24, 2.45) is 0 Å². The van der Waals surface area contributed by atoms with Crippen LogP contribution in [0.25, 0.3) is 0 Å². The van der Waals surface area contributed by atoms with Gasteiger partial charge in [-0.05, 0) is 55.0 Å². The van der Waals surface area contributed by atoms with Crippen LogP contribution >= 0.6 is 11.8 Å². The number of rotatable bonds is 9. The zero-order valence-corrected chi connectivity index (χ0v) is 15.8. The molecule has 0 fully saturated rings. The van der Waals surface area contributed by atoms with Gasteiger partial charge in [0.2, 0.25) is 0 Å². The standard InChI is InChI=1S/C19H21F3O4S/c1-13-9-17(7-8-18(13)23)27-11-16(26-12-24-2)10-25-15-5-3-14(4-6-15)19(20,21)22/h3-9,16,23H,10-12H2,1-2H3/t16-/m1/s1.